The SMILES string of the molecule is CCC(C)N(Cc1cc(NS(=O)(=O)c2ccc(OC)cc2)ccc1N(C)C)S(C)(=O)=O. The Hall–Kier alpha value is -2.30. The minimum Gasteiger partial charge on any atom is -0.497 e. The molecule has 0 saturated carbocycles. The van der Waals surface area contributed by atoms with Crippen molar-refractivity contribution >= 4 is 31.4 Å². The molecule has 0 radical (unpaired) electrons. The van der Waals surface area contributed by atoms with E-state index in [9.17, 15) is 16.8 Å². The van der Waals surface area contributed by atoms with Crippen LogP contribution in [0.1, 0.15) is 25.8 Å². The summed E-state index contributed by atoms with van der Waals surface area (Å²) in [5.41, 5.74) is 1.86. The van der Waals surface area contributed by atoms with Crippen LogP contribution in [-0.4, -0.2) is 54.6 Å². The van der Waals surface area contributed by atoms with Gasteiger partial charge in [0.2, 0.25) is 10.0 Å². The molecule has 0 aliphatic heterocycles. The minimum atomic E-state index is -3.82. The highest BCUT2D eigenvalue weighted by atomic mass is 32.2. The minimum absolute atomic E-state index is 0.101. The molecule has 2 aromatic rings. The van der Waals surface area contributed by atoms with Gasteiger partial charge in [0.1, 0.15) is 5.75 Å². The molecule has 1 N–H and O–H groups in total. The number of methoxy groups -OCH3 is 1. The van der Waals surface area contributed by atoms with Gasteiger partial charge in [-0.05, 0) is 61.4 Å². The van der Waals surface area contributed by atoms with Crippen molar-refractivity contribution in [2.24, 2.45) is 0 Å². The molecule has 10 heteroatoms. The van der Waals surface area contributed by atoms with Crippen LogP contribution in [0.25, 0.3) is 0 Å². The van der Waals surface area contributed by atoms with E-state index in [0.29, 0.717) is 23.4 Å². The van der Waals surface area contributed by atoms with E-state index in [4.69, 9.17) is 4.74 Å². The molecule has 8 nitrogen and oxygen atoms in total. The second kappa shape index (κ2) is 9.88. The fraction of sp³-hybridized carbons (Fsp3) is 0.429. The molecule has 0 bridgehead atoms. The summed E-state index contributed by atoms with van der Waals surface area (Å²) in [5.74, 6) is 0.558. The second-order valence-electron chi connectivity index (χ2n) is 7.58. The maximum Gasteiger partial charge on any atom is 0.261 e. The summed E-state index contributed by atoms with van der Waals surface area (Å²) in [6.07, 6.45) is 1.85. The molecule has 1 unspecified atom stereocenters. The molecule has 2 aromatic carbocycles. The third-order valence-electron chi connectivity index (χ3n) is 5.02. The van der Waals surface area contributed by atoms with Crippen molar-refractivity contribution in [3.05, 3.63) is 48.0 Å². The normalized spacial score (nSPS) is 13.1. The average molecular weight is 470 g/mol. The molecule has 0 spiro atoms. The van der Waals surface area contributed by atoms with Gasteiger partial charge in [0.05, 0.1) is 18.3 Å². The Morgan fingerprint density at radius 2 is 1.65 bits per heavy atom. The summed E-state index contributed by atoms with van der Waals surface area (Å²) in [5, 5.41) is 0. The molecule has 0 heterocycles. The van der Waals surface area contributed by atoms with Crippen LogP contribution >= 0.6 is 0 Å². The number of sulfonamides is 2. The third-order valence-corrected chi connectivity index (χ3v) is 7.76. The molecule has 0 saturated heterocycles. The highest BCUT2D eigenvalue weighted by Crippen LogP contribution is 2.28. The van der Waals surface area contributed by atoms with E-state index in [-0.39, 0.29) is 17.5 Å². The van der Waals surface area contributed by atoms with E-state index in [1.165, 1.54) is 29.8 Å². The molecule has 172 valence electrons. The first-order valence-electron chi connectivity index (χ1n) is 9.83. The van der Waals surface area contributed by atoms with E-state index in [1.54, 1.807) is 30.3 Å². The maximum atomic E-state index is 12.8. The van der Waals surface area contributed by atoms with E-state index < -0.39 is 20.0 Å². The molecular formula is C21H31N3O5S2. The van der Waals surface area contributed by atoms with Gasteiger partial charge in [-0.15, -0.1) is 0 Å². The van der Waals surface area contributed by atoms with E-state index >= 15 is 0 Å². The highest BCUT2D eigenvalue weighted by Gasteiger charge is 2.24. The zero-order valence-corrected chi connectivity index (χ0v) is 20.4. The quantitative estimate of drug-likeness (QED) is 0.574. The monoisotopic (exact) mass is 469 g/mol. The number of benzene rings is 2. The fourth-order valence-electron chi connectivity index (χ4n) is 3.15. The van der Waals surface area contributed by atoms with Crippen LogP contribution in [-0.2, 0) is 26.6 Å². The molecule has 1 atom stereocenters. The molecule has 0 aromatic heterocycles. The zero-order valence-electron chi connectivity index (χ0n) is 18.8. The van der Waals surface area contributed by atoms with E-state index in [0.717, 1.165) is 5.69 Å². The molecule has 0 aliphatic rings. The summed E-state index contributed by atoms with van der Waals surface area (Å²) in [6, 6.07) is 11.0. The number of rotatable bonds is 10. The molecular weight excluding hydrogens is 438 g/mol. The van der Waals surface area contributed by atoms with Crippen molar-refractivity contribution in [3.8, 4) is 5.75 Å². The number of ether oxygens (including phenoxy) is 1. The lowest BCUT2D eigenvalue weighted by Gasteiger charge is -2.28. The van der Waals surface area contributed by atoms with Crippen LogP contribution in [0, 0.1) is 0 Å². The van der Waals surface area contributed by atoms with Crippen LogP contribution < -0.4 is 14.4 Å². The van der Waals surface area contributed by atoms with Crippen molar-refractivity contribution in [3.63, 3.8) is 0 Å². The molecule has 0 amide bonds. The summed E-state index contributed by atoms with van der Waals surface area (Å²) in [7, 11) is -2.05. The summed E-state index contributed by atoms with van der Waals surface area (Å²) >= 11 is 0. The average Bonchev–Trinajstić information content (AvgIpc) is 2.70. The molecule has 2 rings (SSSR count). The molecule has 0 aliphatic carbocycles. The van der Waals surface area contributed by atoms with Gasteiger partial charge in [-0.2, -0.15) is 4.31 Å². The van der Waals surface area contributed by atoms with Crippen molar-refractivity contribution in [2.45, 2.75) is 37.8 Å². The predicted octanol–water partition coefficient (Wildman–Crippen LogP) is 3.12. The van der Waals surface area contributed by atoms with Crippen LogP contribution in [0.5, 0.6) is 5.75 Å². The Morgan fingerprint density at radius 1 is 1.03 bits per heavy atom. The van der Waals surface area contributed by atoms with Gasteiger partial charge in [-0.3, -0.25) is 4.72 Å². The number of nitrogens with zero attached hydrogens (tertiary/aromatic N) is 2. The van der Waals surface area contributed by atoms with E-state index in [2.05, 4.69) is 4.72 Å². The van der Waals surface area contributed by atoms with Crippen LogP contribution in [0.3, 0.4) is 0 Å². The second-order valence-corrected chi connectivity index (χ2v) is 11.2. The standard InChI is InChI=1S/C21H31N3O5S2/c1-7-16(2)24(30(6,25)26)15-17-14-18(8-13-21(17)23(3)4)22-31(27,28)20-11-9-19(29-5)10-12-20/h8-14,16,22H,7,15H2,1-6H3. The van der Waals surface area contributed by atoms with Crippen molar-refractivity contribution in [2.75, 3.05) is 37.1 Å². The summed E-state index contributed by atoms with van der Waals surface area (Å²) < 4.78 is 59.4. The number of hydrogen-bond donors (Lipinski definition) is 1. The van der Waals surface area contributed by atoms with Crippen molar-refractivity contribution < 1.29 is 21.6 Å². The first-order valence-corrected chi connectivity index (χ1v) is 13.2. The lowest BCUT2D eigenvalue weighted by molar-refractivity contribution is 0.325. The van der Waals surface area contributed by atoms with Gasteiger partial charge in [0.15, 0.2) is 0 Å². The predicted molar refractivity (Wildman–Crippen MR) is 125 cm³/mol. The van der Waals surface area contributed by atoms with Crippen LogP contribution in [0.15, 0.2) is 47.4 Å². The van der Waals surface area contributed by atoms with Gasteiger partial charge in [0, 0.05) is 38.1 Å². The Kier molecular flexibility index (Phi) is 7.96. The maximum absolute atomic E-state index is 12.8. The Morgan fingerprint density at radius 3 is 2.13 bits per heavy atom. The first kappa shape index (κ1) is 25.0. The fourth-order valence-corrected chi connectivity index (χ4v) is 5.38. The first-order chi connectivity index (χ1) is 14.4. The molecule has 0 fully saturated rings. The zero-order chi connectivity index (χ0) is 23.4. The summed E-state index contributed by atoms with van der Waals surface area (Å²) in [6.45, 7) is 3.92. The Balaban J connectivity index is 2.42. The van der Waals surface area contributed by atoms with Crippen LogP contribution in [0.4, 0.5) is 11.4 Å². The third kappa shape index (κ3) is 6.34. The van der Waals surface area contributed by atoms with Gasteiger partial charge in [-0.25, -0.2) is 16.8 Å². The topological polar surface area (TPSA) is 96.0 Å². The van der Waals surface area contributed by atoms with Crippen molar-refractivity contribution in [1.82, 2.24) is 4.31 Å². The number of nitrogens with one attached hydrogen (secondary N) is 1. The Bertz CT molecular complexity index is 1100. The lowest BCUT2D eigenvalue weighted by Crippen LogP contribution is -2.37. The smallest absolute Gasteiger partial charge is 0.261 e. The van der Waals surface area contributed by atoms with Gasteiger partial charge in [-0.1, -0.05) is 6.92 Å². The van der Waals surface area contributed by atoms with Crippen molar-refractivity contribution in [1.29, 1.82) is 0 Å². The Labute approximate surface area is 185 Å². The molecule has 31 heavy (non-hydrogen) atoms. The number of anilines is 2. The van der Waals surface area contributed by atoms with Gasteiger partial charge >= 0.3 is 0 Å². The van der Waals surface area contributed by atoms with Gasteiger partial charge in [0.25, 0.3) is 10.0 Å². The lowest BCUT2D eigenvalue weighted by atomic mass is 10.1. The summed E-state index contributed by atoms with van der Waals surface area (Å²) in [4.78, 5) is 1.97. The van der Waals surface area contributed by atoms with Crippen LogP contribution in [0.2, 0.25) is 0 Å². The number of hydrogen-bond acceptors (Lipinski definition) is 6. The van der Waals surface area contributed by atoms with Gasteiger partial charge < -0.3 is 9.64 Å². The largest absolute Gasteiger partial charge is 0.497 e. The highest BCUT2D eigenvalue weighted by molar-refractivity contribution is 7.92. The van der Waals surface area contributed by atoms with E-state index in [1.807, 2.05) is 32.8 Å².